The van der Waals surface area contributed by atoms with Crippen molar-refractivity contribution in [2.24, 2.45) is 0 Å². The van der Waals surface area contributed by atoms with Crippen molar-refractivity contribution in [1.29, 1.82) is 0 Å². The number of para-hydroxylation sites is 2. The molecule has 1 amide bonds. The third-order valence-corrected chi connectivity index (χ3v) is 2.99. The van der Waals surface area contributed by atoms with Gasteiger partial charge in [-0.15, -0.1) is 0 Å². The number of rotatable bonds is 3. The van der Waals surface area contributed by atoms with E-state index in [1.807, 2.05) is 56.3 Å². The van der Waals surface area contributed by atoms with Crippen molar-refractivity contribution >= 4 is 11.6 Å². The SMILES string of the molecule is COc1ccccc1NC(=O)c1cc(C)ccc1C. The van der Waals surface area contributed by atoms with E-state index in [1.165, 1.54) is 0 Å². The summed E-state index contributed by atoms with van der Waals surface area (Å²) >= 11 is 0. The molecule has 0 unspecified atom stereocenters. The van der Waals surface area contributed by atoms with Gasteiger partial charge in [0.25, 0.3) is 5.91 Å². The summed E-state index contributed by atoms with van der Waals surface area (Å²) in [6.07, 6.45) is 0. The summed E-state index contributed by atoms with van der Waals surface area (Å²) in [5, 5.41) is 2.88. The Balaban J connectivity index is 2.28. The number of nitrogens with one attached hydrogen (secondary N) is 1. The molecule has 2 aromatic carbocycles. The standard InChI is InChI=1S/C16H17NO2/c1-11-8-9-12(2)13(10-11)16(18)17-14-6-4-5-7-15(14)19-3/h4-10H,1-3H3,(H,17,18). The molecule has 0 aliphatic rings. The summed E-state index contributed by atoms with van der Waals surface area (Å²) < 4.78 is 5.22. The number of carbonyl (C=O) groups is 1. The first kappa shape index (κ1) is 13.1. The maximum absolute atomic E-state index is 12.3. The average Bonchev–Trinajstić information content (AvgIpc) is 2.42. The lowest BCUT2D eigenvalue weighted by molar-refractivity contribution is 0.102. The van der Waals surface area contributed by atoms with Crippen LogP contribution in [0, 0.1) is 13.8 Å². The zero-order valence-corrected chi connectivity index (χ0v) is 11.4. The van der Waals surface area contributed by atoms with Gasteiger partial charge in [-0.2, -0.15) is 0 Å². The number of hydrogen-bond donors (Lipinski definition) is 1. The minimum Gasteiger partial charge on any atom is -0.495 e. The highest BCUT2D eigenvalue weighted by Gasteiger charge is 2.11. The molecule has 0 fully saturated rings. The Morgan fingerprint density at radius 2 is 1.84 bits per heavy atom. The predicted molar refractivity (Wildman–Crippen MR) is 76.9 cm³/mol. The second-order valence-electron chi connectivity index (χ2n) is 4.47. The van der Waals surface area contributed by atoms with Gasteiger partial charge in [0.15, 0.2) is 0 Å². The van der Waals surface area contributed by atoms with Crippen LogP contribution in [0.2, 0.25) is 0 Å². The molecular formula is C16H17NO2. The lowest BCUT2D eigenvalue weighted by Gasteiger charge is -2.11. The molecule has 0 spiro atoms. The Morgan fingerprint density at radius 1 is 1.11 bits per heavy atom. The van der Waals surface area contributed by atoms with E-state index >= 15 is 0 Å². The van der Waals surface area contributed by atoms with Crippen LogP contribution in [0.4, 0.5) is 5.69 Å². The van der Waals surface area contributed by atoms with Gasteiger partial charge < -0.3 is 10.1 Å². The van der Waals surface area contributed by atoms with Crippen LogP contribution in [0.15, 0.2) is 42.5 Å². The van der Waals surface area contributed by atoms with Crippen molar-refractivity contribution in [1.82, 2.24) is 0 Å². The first-order valence-electron chi connectivity index (χ1n) is 6.13. The largest absolute Gasteiger partial charge is 0.495 e. The molecule has 3 nitrogen and oxygen atoms in total. The Morgan fingerprint density at radius 3 is 2.58 bits per heavy atom. The van der Waals surface area contributed by atoms with Gasteiger partial charge in [-0.1, -0.05) is 29.8 Å². The fourth-order valence-corrected chi connectivity index (χ4v) is 1.92. The number of aryl methyl sites for hydroxylation is 2. The van der Waals surface area contributed by atoms with Crippen molar-refractivity contribution in [2.75, 3.05) is 12.4 Å². The van der Waals surface area contributed by atoms with Gasteiger partial charge in [0.05, 0.1) is 12.8 Å². The Hall–Kier alpha value is -2.29. The van der Waals surface area contributed by atoms with Crippen molar-refractivity contribution in [3.05, 3.63) is 59.2 Å². The molecule has 0 atom stereocenters. The third-order valence-electron chi connectivity index (χ3n) is 2.99. The van der Waals surface area contributed by atoms with Crippen molar-refractivity contribution < 1.29 is 9.53 Å². The first-order chi connectivity index (χ1) is 9.11. The van der Waals surface area contributed by atoms with Crippen molar-refractivity contribution in [3.8, 4) is 5.75 Å². The summed E-state index contributed by atoms with van der Waals surface area (Å²) in [5.74, 6) is 0.534. The second-order valence-corrected chi connectivity index (χ2v) is 4.47. The summed E-state index contributed by atoms with van der Waals surface area (Å²) in [4.78, 5) is 12.3. The fourth-order valence-electron chi connectivity index (χ4n) is 1.92. The number of ether oxygens (including phenoxy) is 1. The van der Waals surface area contributed by atoms with E-state index in [4.69, 9.17) is 4.74 Å². The van der Waals surface area contributed by atoms with Gasteiger partial charge in [0, 0.05) is 5.56 Å². The first-order valence-corrected chi connectivity index (χ1v) is 6.13. The number of benzene rings is 2. The monoisotopic (exact) mass is 255 g/mol. The van der Waals surface area contributed by atoms with Gasteiger partial charge in [-0.3, -0.25) is 4.79 Å². The Kier molecular flexibility index (Phi) is 3.85. The van der Waals surface area contributed by atoms with E-state index < -0.39 is 0 Å². The van der Waals surface area contributed by atoms with E-state index in [9.17, 15) is 4.79 Å². The summed E-state index contributed by atoms with van der Waals surface area (Å²) in [5.41, 5.74) is 3.38. The third kappa shape index (κ3) is 2.94. The van der Waals surface area contributed by atoms with Crippen molar-refractivity contribution in [3.63, 3.8) is 0 Å². The zero-order chi connectivity index (χ0) is 13.8. The molecule has 2 rings (SSSR count). The molecule has 0 aliphatic carbocycles. The molecule has 1 N–H and O–H groups in total. The second kappa shape index (κ2) is 5.57. The van der Waals surface area contributed by atoms with Gasteiger partial charge in [-0.05, 0) is 37.6 Å². The van der Waals surface area contributed by atoms with Crippen LogP contribution in [0.1, 0.15) is 21.5 Å². The number of amides is 1. The number of anilines is 1. The molecule has 0 bridgehead atoms. The quantitative estimate of drug-likeness (QED) is 0.910. The maximum Gasteiger partial charge on any atom is 0.256 e. The highest BCUT2D eigenvalue weighted by molar-refractivity contribution is 6.06. The molecule has 98 valence electrons. The lowest BCUT2D eigenvalue weighted by Crippen LogP contribution is -2.14. The van der Waals surface area contributed by atoms with Crippen LogP contribution >= 0.6 is 0 Å². The molecule has 0 saturated carbocycles. The number of hydrogen-bond acceptors (Lipinski definition) is 2. The molecule has 3 heteroatoms. The van der Waals surface area contributed by atoms with Gasteiger partial charge in [0.1, 0.15) is 5.75 Å². The Bertz CT molecular complexity index is 605. The normalized spacial score (nSPS) is 10.1. The molecule has 0 radical (unpaired) electrons. The zero-order valence-electron chi connectivity index (χ0n) is 11.4. The predicted octanol–water partition coefficient (Wildman–Crippen LogP) is 3.56. The average molecular weight is 255 g/mol. The van der Waals surface area contributed by atoms with Crippen LogP contribution in [-0.4, -0.2) is 13.0 Å². The van der Waals surface area contributed by atoms with E-state index in [2.05, 4.69) is 5.32 Å². The van der Waals surface area contributed by atoms with Crippen LogP contribution in [-0.2, 0) is 0 Å². The van der Waals surface area contributed by atoms with Gasteiger partial charge >= 0.3 is 0 Å². The molecule has 0 saturated heterocycles. The minimum atomic E-state index is -0.120. The number of carbonyl (C=O) groups excluding carboxylic acids is 1. The number of methoxy groups -OCH3 is 1. The molecular weight excluding hydrogens is 238 g/mol. The van der Waals surface area contributed by atoms with E-state index in [1.54, 1.807) is 7.11 Å². The summed E-state index contributed by atoms with van der Waals surface area (Å²) in [6, 6.07) is 13.2. The molecule has 2 aromatic rings. The van der Waals surface area contributed by atoms with E-state index in [-0.39, 0.29) is 5.91 Å². The Labute approximate surface area is 113 Å². The molecule has 0 aliphatic heterocycles. The molecule has 0 heterocycles. The van der Waals surface area contributed by atoms with Crippen LogP contribution in [0.5, 0.6) is 5.75 Å². The lowest BCUT2D eigenvalue weighted by atomic mass is 10.0. The van der Waals surface area contributed by atoms with E-state index in [0.717, 1.165) is 11.1 Å². The van der Waals surface area contributed by atoms with Crippen molar-refractivity contribution in [2.45, 2.75) is 13.8 Å². The van der Waals surface area contributed by atoms with Gasteiger partial charge in [-0.25, -0.2) is 0 Å². The van der Waals surface area contributed by atoms with Crippen LogP contribution < -0.4 is 10.1 Å². The molecule has 0 aromatic heterocycles. The van der Waals surface area contributed by atoms with E-state index in [0.29, 0.717) is 17.0 Å². The van der Waals surface area contributed by atoms with Gasteiger partial charge in [0.2, 0.25) is 0 Å². The summed E-state index contributed by atoms with van der Waals surface area (Å²) in [7, 11) is 1.59. The van der Waals surface area contributed by atoms with Crippen LogP contribution in [0.3, 0.4) is 0 Å². The maximum atomic E-state index is 12.3. The highest BCUT2D eigenvalue weighted by Crippen LogP contribution is 2.24. The van der Waals surface area contributed by atoms with Crippen LogP contribution in [0.25, 0.3) is 0 Å². The minimum absolute atomic E-state index is 0.120. The highest BCUT2D eigenvalue weighted by atomic mass is 16.5. The topological polar surface area (TPSA) is 38.3 Å². The smallest absolute Gasteiger partial charge is 0.256 e. The molecule has 19 heavy (non-hydrogen) atoms. The fraction of sp³-hybridized carbons (Fsp3) is 0.188. The summed E-state index contributed by atoms with van der Waals surface area (Å²) in [6.45, 7) is 3.90.